The van der Waals surface area contributed by atoms with Crippen molar-refractivity contribution in [2.24, 2.45) is 0 Å². The molecule has 0 atom stereocenters. The van der Waals surface area contributed by atoms with Crippen LogP contribution in [0.15, 0.2) is 22.6 Å². The highest BCUT2D eigenvalue weighted by molar-refractivity contribution is 5.96. The Morgan fingerprint density at radius 2 is 1.86 bits per heavy atom. The summed E-state index contributed by atoms with van der Waals surface area (Å²) in [7, 11) is 1.72. The van der Waals surface area contributed by atoms with E-state index in [-0.39, 0.29) is 5.91 Å². The van der Waals surface area contributed by atoms with Gasteiger partial charge in [-0.2, -0.15) is 0 Å². The van der Waals surface area contributed by atoms with Crippen molar-refractivity contribution in [3.05, 3.63) is 35.1 Å². The predicted molar refractivity (Wildman–Crippen MR) is 86.1 cm³/mol. The van der Waals surface area contributed by atoms with Crippen molar-refractivity contribution in [3.8, 4) is 0 Å². The van der Waals surface area contributed by atoms with Crippen LogP contribution in [0.1, 0.15) is 47.4 Å². The van der Waals surface area contributed by atoms with Gasteiger partial charge in [0.05, 0.1) is 5.60 Å². The lowest BCUT2D eigenvalue weighted by molar-refractivity contribution is 0.0147. The molecule has 1 aliphatic carbocycles. The van der Waals surface area contributed by atoms with Crippen molar-refractivity contribution >= 4 is 16.9 Å². The standard InChI is InChI=1S/C18H23NO3/c1-12-8-14-10-16(22-15(14)9-13(12)2)17(20)19(3)11-18(21)6-4-5-7-18/h8-10,21H,4-7,11H2,1-3H3. The number of benzene rings is 1. The van der Waals surface area contributed by atoms with Gasteiger partial charge < -0.3 is 14.4 Å². The van der Waals surface area contributed by atoms with Crippen molar-refractivity contribution in [3.63, 3.8) is 0 Å². The smallest absolute Gasteiger partial charge is 0.289 e. The van der Waals surface area contributed by atoms with E-state index in [2.05, 4.69) is 0 Å². The Morgan fingerprint density at radius 1 is 1.23 bits per heavy atom. The zero-order valence-corrected chi connectivity index (χ0v) is 13.5. The second kappa shape index (κ2) is 5.43. The summed E-state index contributed by atoms with van der Waals surface area (Å²) in [5.74, 6) is 0.163. The highest BCUT2D eigenvalue weighted by Gasteiger charge is 2.34. The zero-order valence-electron chi connectivity index (χ0n) is 13.5. The molecule has 3 rings (SSSR count). The number of likely N-dealkylation sites (N-methyl/N-ethyl adjacent to an activating group) is 1. The first-order valence-corrected chi connectivity index (χ1v) is 7.87. The van der Waals surface area contributed by atoms with E-state index in [1.807, 2.05) is 26.0 Å². The summed E-state index contributed by atoms with van der Waals surface area (Å²) in [6.07, 6.45) is 3.59. The van der Waals surface area contributed by atoms with Gasteiger partial charge >= 0.3 is 0 Å². The topological polar surface area (TPSA) is 53.7 Å². The lowest BCUT2D eigenvalue weighted by Gasteiger charge is -2.28. The number of aliphatic hydroxyl groups is 1. The van der Waals surface area contributed by atoms with Gasteiger partial charge in [0.15, 0.2) is 5.76 Å². The lowest BCUT2D eigenvalue weighted by atomic mass is 10.0. The van der Waals surface area contributed by atoms with Crippen LogP contribution >= 0.6 is 0 Å². The van der Waals surface area contributed by atoms with E-state index in [1.54, 1.807) is 18.0 Å². The first-order valence-electron chi connectivity index (χ1n) is 7.87. The summed E-state index contributed by atoms with van der Waals surface area (Å²) >= 11 is 0. The van der Waals surface area contributed by atoms with Crippen molar-refractivity contribution in [1.82, 2.24) is 4.90 Å². The number of carbonyl (C=O) groups excluding carboxylic acids is 1. The fourth-order valence-corrected chi connectivity index (χ4v) is 3.30. The number of nitrogens with zero attached hydrogens (tertiary/aromatic N) is 1. The number of hydrogen-bond acceptors (Lipinski definition) is 3. The van der Waals surface area contributed by atoms with Gasteiger partial charge in [-0.25, -0.2) is 0 Å². The first kappa shape index (κ1) is 15.1. The van der Waals surface area contributed by atoms with Crippen LogP contribution in [0.2, 0.25) is 0 Å². The van der Waals surface area contributed by atoms with Gasteiger partial charge in [0.2, 0.25) is 0 Å². The van der Waals surface area contributed by atoms with Gasteiger partial charge in [-0.3, -0.25) is 4.79 Å². The maximum Gasteiger partial charge on any atom is 0.289 e. The van der Waals surface area contributed by atoms with Crippen molar-refractivity contribution in [2.75, 3.05) is 13.6 Å². The van der Waals surface area contributed by atoms with Crippen molar-refractivity contribution in [1.29, 1.82) is 0 Å². The van der Waals surface area contributed by atoms with Gasteiger partial charge in [0.1, 0.15) is 5.58 Å². The van der Waals surface area contributed by atoms with Crippen LogP contribution in [-0.4, -0.2) is 35.1 Å². The van der Waals surface area contributed by atoms with E-state index < -0.39 is 5.60 Å². The summed E-state index contributed by atoms with van der Waals surface area (Å²) in [5.41, 5.74) is 2.33. The third-order valence-corrected chi connectivity index (χ3v) is 4.76. The molecule has 0 unspecified atom stereocenters. The Bertz CT molecular complexity index is 671. The molecule has 0 saturated heterocycles. The molecule has 0 spiro atoms. The summed E-state index contributed by atoms with van der Waals surface area (Å²) < 4.78 is 5.71. The molecule has 22 heavy (non-hydrogen) atoms. The minimum atomic E-state index is -0.733. The summed E-state index contributed by atoms with van der Waals surface area (Å²) in [6, 6.07) is 5.79. The molecule has 2 aromatic rings. The fourth-order valence-electron chi connectivity index (χ4n) is 3.30. The van der Waals surface area contributed by atoms with E-state index >= 15 is 0 Å². The molecule has 1 saturated carbocycles. The molecule has 1 amide bonds. The Kier molecular flexibility index (Phi) is 3.73. The Balaban J connectivity index is 1.82. The molecule has 1 heterocycles. The number of fused-ring (bicyclic) bond motifs is 1. The lowest BCUT2D eigenvalue weighted by Crippen LogP contribution is -2.41. The average Bonchev–Trinajstić information content (AvgIpc) is 3.05. The molecule has 4 nitrogen and oxygen atoms in total. The highest BCUT2D eigenvalue weighted by Crippen LogP contribution is 2.30. The minimum Gasteiger partial charge on any atom is -0.451 e. The Morgan fingerprint density at radius 3 is 2.55 bits per heavy atom. The SMILES string of the molecule is Cc1cc2cc(C(=O)N(C)CC3(O)CCCC3)oc2cc1C. The minimum absolute atomic E-state index is 0.174. The third kappa shape index (κ3) is 2.75. The number of carbonyl (C=O) groups is 1. The highest BCUT2D eigenvalue weighted by atomic mass is 16.3. The molecule has 1 N–H and O–H groups in total. The van der Waals surface area contributed by atoms with Crippen LogP contribution in [-0.2, 0) is 0 Å². The maximum atomic E-state index is 12.5. The number of aryl methyl sites for hydroxylation is 2. The molecule has 0 bridgehead atoms. The van der Waals surface area contributed by atoms with E-state index in [0.717, 1.165) is 42.2 Å². The van der Waals surface area contributed by atoms with Crippen LogP contribution in [0.5, 0.6) is 0 Å². The molecule has 4 heteroatoms. The summed E-state index contributed by atoms with van der Waals surface area (Å²) in [6.45, 7) is 4.44. The normalized spacial score (nSPS) is 17.1. The molecule has 0 radical (unpaired) electrons. The largest absolute Gasteiger partial charge is 0.451 e. The van der Waals surface area contributed by atoms with Gasteiger partial charge in [0.25, 0.3) is 5.91 Å². The van der Waals surface area contributed by atoms with E-state index in [0.29, 0.717) is 12.3 Å². The second-order valence-electron chi connectivity index (χ2n) is 6.68. The van der Waals surface area contributed by atoms with Crippen LogP contribution in [0.4, 0.5) is 0 Å². The quantitative estimate of drug-likeness (QED) is 0.945. The first-order chi connectivity index (χ1) is 10.4. The number of amides is 1. The molecule has 1 aromatic carbocycles. The van der Waals surface area contributed by atoms with E-state index in [1.165, 1.54) is 5.56 Å². The summed E-state index contributed by atoms with van der Waals surface area (Å²) in [5, 5.41) is 11.4. The van der Waals surface area contributed by atoms with Crippen LogP contribution in [0, 0.1) is 13.8 Å². The van der Waals surface area contributed by atoms with E-state index in [4.69, 9.17) is 4.42 Å². The predicted octanol–water partition coefficient (Wildman–Crippen LogP) is 3.43. The van der Waals surface area contributed by atoms with Crippen LogP contribution < -0.4 is 0 Å². The van der Waals surface area contributed by atoms with Gasteiger partial charge in [-0.15, -0.1) is 0 Å². The van der Waals surface area contributed by atoms with Crippen molar-refractivity contribution in [2.45, 2.75) is 45.1 Å². The average molecular weight is 301 g/mol. The van der Waals surface area contributed by atoms with Gasteiger partial charge in [0, 0.05) is 19.0 Å². The third-order valence-electron chi connectivity index (χ3n) is 4.76. The Labute approximate surface area is 130 Å². The molecule has 0 aliphatic heterocycles. The number of furan rings is 1. The monoisotopic (exact) mass is 301 g/mol. The maximum absolute atomic E-state index is 12.5. The van der Waals surface area contributed by atoms with Crippen LogP contribution in [0.25, 0.3) is 11.0 Å². The molecule has 1 aromatic heterocycles. The number of rotatable bonds is 3. The van der Waals surface area contributed by atoms with E-state index in [9.17, 15) is 9.90 Å². The molecule has 118 valence electrons. The molecule has 1 fully saturated rings. The fraction of sp³-hybridized carbons (Fsp3) is 0.500. The van der Waals surface area contributed by atoms with Gasteiger partial charge in [-0.05, 0) is 56.0 Å². The Hall–Kier alpha value is -1.81. The van der Waals surface area contributed by atoms with Crippen molar-refractivity contribution < 1.29 is 14.3 Å². The molecule has 1 aliphatic rings. The number of hydrogen-bond donors (Lipinski definition) is 1. The molecular weight excluding hydrogens is 278 g/mol. The van der Waals surface area contributed by atoms with Gasteiger partial charge in [-0.1, -0.05) is 12.8 Å². The van der Waals surface area contributed by atoms with Crippen LogP contribution in [0.3, 0.4) is 0 Å². The second-order valence-corrected chi connectivity index (χ2v) is 6.68. The molecular formula is C18H23NO3. The summed E-state index contributed by atoms with van der Waals surface area (Å²) in [4.78, 5) is 14.1. The zero-order chi connectivity index (χ0) is 15.9.